The fourth-order valence-electron chi connectivity index (χ4n) is 2.67. The number of hydrogen-bond acceptors (Lipinski definition) is 3. The average Bonchev–Trinajstić information content (AvgIpc) is 2.51. The molecule has 2 atom stereocenters. The van der Waals surface area contributed by atoms with Crippen LogP contribution in [0.4, 0.5) is 4.39 Å². The summed E-state index contributed by atoms with van der Waals surface area (Å²) < 4.78 is 13.0. The minimum atomic E-state index is -0.220. The number of hydrogen-bond donors (Lipinski definition) is 0. The molecule has 0 N–H and O–H groups in total. The van der Waals surface area contributed by atoms with Crippen LogP contribution in [0.1, 0.15) is 22.8 Å². The van der Waals surface area contributed by atoms with Gasteiger partial charge in [0.05, 0.1) is 5.75 Å². The molecule has 1 fully saturated rings. The van der Waals surface area contributed by atoms with Crippen LogP contribution in [0.15, 0.2) is 48.8 Å². The maximum absolute atomic E-state index is 13.0. The van der Waals surface area contributed by atoms with E-state index in [9.17, 15) is 9.18 Å². The Morgan fingerprint density at radius 1 is 1.24 bits per heavy atom. The third-order valence-electron chi connectivity index (χ3n) is 3.83. The van der Waals surface area contributed by atoms with Crippen molar-refractivity contribution in [2.24, 2.45) is 5.92 Å². The van der Waals surface area contributed by atoms with Crippen molar-refractivity contribution in [3.8, 4) is 0 Å². The highest BCUT2D eigenvalue weighted by Gasteiger charge is 2.30. The second-order valence-corrected chi connectivity index (χ2v) is 6.51. The number of Topliss-reactive ketones (excluding diaryl/α,β-unsaturated/α-hetero) is 1. The van der Waals surface area contributed by atoms with Crippen LogP contribution in [0.3, 0.4) is 0 Å². The molecule has 2 aromatic rings. The number of thioether (sulfide) groups is 1. The smallest absolute Gasteiger partial charge is 0.146 e. The Morgan fingerprint density at radius 2 is 2.05 bits per heavy atom. The van der Waals surface area contributed by atoms with Crippen molar-refractivity contribution in [3.63, 3.8) is 0 Å². The van der Waals surface area contributed by atoms with Crippen molar-refractivity contribution in [2.45, 2.75) is 18.1 Å². The van der Waals surface area contributed by atoms with Gasteiger partial charge in [-0.25, -0.2) is 4.39 Å². The molecule has 0 amide bonds. The Labute approximate surface area is 127 Å². The summed E-state index contributed by atoms with van der Waals surface area (Å²) in [6.07, 6.45) is 5.11. The Kier molecular flexibility index (Phi) is 4.34. The molecule has 1 aromatic carbocycles. The largest absolute Gasteiger partial charge is 0.298 e. The molecule has 1 saturated heterocycles. The predicted molar refractivity (Wildman–Crippen MR) is 82.7 cm³/mol. The average molecular weight is 301 g/mol. The van der Waals surface area contributed by atoms with Gasteiger partial charge in [-0.3, -0.25) is 9.78 Å². The Morgan fingerprint density at radius 3 is 2.76 bits per heavy atom. The summed E-state index contributed by atoms with van der Waals surface area (Å²) in [6.45, 7) is 0. The number of ketones is 1. The highest BCUT2D eigenvalue weighted by Crippen LogP contribution is 2.40. The molecular weight excluding hydrogens is 285 g/mol. The van der Waals surface area contributed by atoms with Gasteiger partial charge >= 0.3 is 0 Å². The predicted octanol–water partition coefficient (Wildman–Crippen LogP) is 3.83. The van der Waals surface area contributed by atoms with E-state index in [1.54, 1.807) is 18.0 Å². The molecule has 1 aliphatic heterocycles. The zero-order chi connectivity index (χ0) is 14.7. The summed E-state index contributed by atoms with van der Waals surface area (Å²) in [6, 6.07) is 10.5. The number of benzene rings is 1. The number of nitrogens with zero attached hydrogens (tertiary/aromatic N) is 1. The monoisotopic (exact) mass is 301 g/mol. The third kappa shape index (κ3) is 3.50. The van der Waals surface area contributed by atoms with Gasteiger partial charge < -0.3 is 0 Å². The van der Waals surface area contributed by atoms with E-state index in [1.165, 1.54) is 12.1 Å². The molecule has 2 unspecified atom stereocenters. The number of rotatable bonds is 3. The summed E-state index contributed by atoms with van der Waals surface area (Å²) in [5.74, 6) is 0.655. The normalized spacial score (nSPS) is 22.2. The molecule has 108 valence electrons. The number of carbonyl (C=O) groups excluding carboxylic acids is 1. The Balaban J connectivity index is 1.72. The first-order chi connectivity index (χ1) is 10.2. The van der Waals surface area contributed by atoms with Gasteiger partial charge in [0, 0.05) is 23.6 Å². The van der Waals surface area contributed by atoms with Gasteiger partial charge in [-0.1, -0.05) is 18.2 Å². The van der Waals surface area contributed by atoms with Crippen LogP contribution in [-0.4, -0.2) is 16.5 Å². The van der Waals surface area contributed by atoms with E-state index in [2.05, 4.69) is 4.98 Å². The lowest BCUT2D eigenvalue weighted by atomic mass is 9.89. The summed E-state index contributed by atoms with van der Waals surface area (Å²) in [4.78, 5) is 16.2. The second-order valence-electron chi connectivity index (χ2n) is 5.32. The van der Waals surface area contributed by atoms with Crippen molar-refractivity contribution in [1.29, 1.82) is 0 Å². The van der Waals surface area contributed by atoms with Gasteiger partial charge in [-0.15, -0.1) is 11.8 Å². The quantitative estimate of drug-likeness (QED) is 0.863. The van der Waals surface area contributed by atoms with Crippen LogP contribution in [0.2, 0.25) is 0 Å². The first-order valence-electron chi connectivity index (χ1n) is 7.01. The Bertz CT molecular complexity index is 614. The lowest BCUT2D eigenvalue weighted by Crippen LogP contribution is -2.26. The van der Waals surface area contributed by atoms with Crippen LogP contribution in [0.25, 0.3) is 0 Å². The van der Waals surface area contributed by atoms with Gasteiger partial charge in [0.1, 0.15) is 11.6 Å². The third-order valence-corrected chi connectivity index (χ3v) is 5.15. The number of aromatic nitrogens is 1. The van der Waals surface area contributed by atoms with E-state index in [1.807, 2.05) is 30.5 Å². The summed E-state index contributed by atoms with van der Waals surface area (Å²) >= 11 is 1.66. The molecule has 0 spiro atoms. The molecule has 0 radical (unpaired) electrons. The van der Waals surface area contributed by atoms with Crippen molar-refractivity contribution >= 4 is 17.5 Å². The molecule has 2 heterocycles. The topological polar surface area (TPSA) is 30.0 Å². The molecule has 3 rings (SSSR count). The lowest BCUT2D eigenvalue weighted by Gasteiger charge is -2.28. The summed E-state index contributed by atoms with van der Waals surface area (Å²) in [5, 5.41) is 0.268. The SMILES string of the molecule is O=C1CSC(c2ccc(F)cc2)CC1Cc1cccnc1. The van der Waals surface area contributed by atoms with Crippen LogP contribution < -0.4 is 0 Å². The highest BCUT2D eigenvalue weighted by molar-refractivity contribution is 8.00. The first-order valence-corrected chi connectivity index (χ1v) is 8.06. The molecule has 0 aliphatic carbocycles. The maximum atomic E-state index is 13.0. The second kappa shape index (κ2) is 6.39. The molecular formula is C17H16FNOS. The number of pyridine rings is 1. The zero-order valence-electron chi connectivity index (χ0n) is 11.5. The minimum Gasteiger partial charge on any atom is -0.298 e. The van der Waals surface area contributed by atoms with E-state index in [4.69, 9.17) is 0 Å². The Hall–Kier alpha value is -1.68. The summed E-state index contributed by atoms with van der Waals surface area (Å²) in [5.41, 5.74) is 2.20. The fraction of sp³-hybridized carbons (Fsp3) is 0.294. The van der Waals surface area contributed by atoms with Crippen molar-refractivity contribution < 1.29 is 9.18 Å². The first kappa shape index (κ1) is 14.3. The molecule has 1 aliphatic rings. The van der Waals surface area contributed by atoms with Crippen LogP contribution in [0, 0.1) is 11.7 Å². The maximum Gasteiger partial charge on any atom is 0.146 e. The fourth-order valence-corrected chi connectivity index (χ4v) is 3.99. The van der Waals surface area contributed by atoms with Gasteiger partial charge in [-0.05, 0) is 42.2 Å². The van der Waals surface area contributed by atoms with E-state index < -0.39 is 0 Å². The van der Waals surface area contributed by atoms with E-state index in [-0.39, 0.29) is 17.0 Å². The van der Waals surface area contributed by atoms with Gasteiger partial charge in [0.25, 0.3) is 0 Å². The summed E-state index contributed by atoms with van der Waals surface area (Å²) in [7, 11) is 0. The van der Waals surface area contributed by atoms with Gasteiger partial charge in [-0.2, -0.15) is 0 Å². The van der Waals surface area contributed by atoms with Gasteiger partial charge in [0.15, 0.2) is 0 Å². The van der Waals surface area contributed by atoms with E-state index in [0.29, 0.717) is 11.5 Å². The van der Waals surface area contributed by atoms with E-state index in [0.717, 1.165) is 24.0 Å². The number of carbonyl (C=O) groups is 1. The van der Waals surface area contributed by atoms with Gasteiger partial charge in [0.2, 0.25) is 0 Å². The molecule has 0 bridgehead atoms. The molecule has 0 saturated carbocycles. The van der Waals surface area contributed by atoms with Crippen LogP contribution >= 0.6 is 11.8 Å². The van der Waals surface area contributed by atoms with Crippen molar-refractivity contribution in [1.82, 2.24) is 4.98 Å². The van der Waals surface area contributed by atoms with Crippen molar-refractivity contribution in [3.05, 3.63) is 65.7 Å². The lowest BCUT2D eigenvalue weighted by molar-refractivity contribution is -0.120. The van der Waals surface area contributed by atoms with E-state index >= 15 is 0 Å². The molecule has 4 heteroatoms. The number of halogens is 1. The molecule has 21 heavy (non-hydrogen) atoms. The van der Waals surface area contributed by atoms with Crippen LogP contribution in [-0.2, 0) is 11.2 Å². The van der Waals surface area contributed by atoms with Crippen LogP contribution in [0.5, 0.6) is 0 Å². The molecule has 1 aromatic heterocycles. The molecule has 2 nitrogen and oxygen atoms in total. The minimum absolute atomic E-state index is 0.0329. The zero-order valence-corrected chi connectivity index (χ0v) is 12.4. The van der Waals surface area contributed by atoms with Crippen molar-refractivity contribution in [2.75, 3.05) is 5.75 Å². The standard InChI is InChI=1S/C17H16FNOS/c18-15-5-3-13(4-6-15)17-9-14(16(20)11-21-17)8-12-2-1-7-19-10-12/h1-7,10,14,17H,8-9,11H2. The highest BCUT2D eigenvalue weighted by atomic mass is 32.2.